The zero-order valence-corrected chi connectivity index (χ0v) is 6.04. The maximum Gasteiger partial charge on any atom is 0.282 e. The highest BCUT2D eigenvalue weighted by Crippen LogP contribution is 2.06. The molecule has 0 aliphatic heterocycles. The molecule has 0 spiro atoms. The van der Waals surface area contributed by atoms with E-state index >= 15 is 0 Å². The zero-order chi connectivity index (χ0) is 7.23. The van der Waals surface area contributed by atoms with Crippen LogP contribution in [-0.2, 0) is 4.57 Å². The fourth-order valence-electron chi connectivity index (χ4n) is 0.560. The summed E-state index contributed by atoms with van der Waals surface area (Å²) in [5.41, 5.74) is 0. The van der Waals surface area contributed by atoms with Gasteiger partial charge in [-0.3, -0.25) is 4.57 Å². The van der Waals surface area contributed by atoms with Crippen LogP contribution in [0.2, 0.25) is 0 Å². The van der Waals surface area contributed by atoms with Crippen LogP contribution < -0.4 is 10.1 Å². The molecule has 0 radical (unpaired) electrons. The molecule has 0 unspecified atom stereocenters. The minimum Gasteiger partial charge on any atom is -0.398 e. The molecule has 0 amide bonds. The van der Waals surface area contributed by atoms with Gasteiger partial charge in [-0.05, 0) is 12.1 Å². The number of hydrogen-bond acceptors (Lipinski definition) is 2. The summed E-state index contributed by atoms with van der Waals surface area (Å²) in [5, 5.41) is 2.18. The maximum atomic E-state index is 9.84. The molecule has 0 saturated heterocycles. The molecule has 10 heavy (non-hydrogen) atoms. The molecule has 1 aromatic carbocycles. The smallest absolute Gasteiger partial charge is 0.282 e. The standard InChI is InChI=1S/C6H6NO2P/c8-10-7-9-6-4-2-1-3-5-6/h1-5H,(H,7,8). The Morgan fingerprint density at radius 1 is 1.30 bits per heavy atom. The lowest BCUT2D eigenvalue weighted by atomic mass is 10.3. The molecule has 0 heterocycles. The molecule has 0 aliphatic rings. The highest BCUT2D eigenvalue weighted by Gasteiger charge is 1.86. The van der Waals surface area contributed by atoms with Gasteiger partial charge in [0.05, 0.1) is 0 Å². The summed E-state index contributed by atoms with van der Waals surface area (Å²) < 4.78 is 9.84. The van der Waals surface area contributed by atoms with Crippen LogP contribution in [0.4, 0.5) is 0 Å². The van der Waals surface area contributed by atoms with Crippen molar-refractivity contribution in [2.45, 2.75) is 0 Å². The van der Waals surface area contributed by atoms with Crippen LogP contribution in [-0.4, -0.2) is 0 Å². The van der Waals surface area contributed by atoms with Gasteiger partial charge in [-0.1, -0.05) is 23.4 Å². The van der Waals surface area contributed by atoms with Gasteiger partial charge in [0.25, 0.3) is 8.61 Å². The van der Waals surface area contributed by atoms with Gasteiger partial charge in [-0.25, -0.2) is 0 Å². The first-order chi connectivity index (χ1) is 4.93. The Morgan fingerprint density at radius 3 is 2.60 bits per heavy atom. The molecule has 3 nitrogen and oxygen atoms in total. The van der Waals surface area contributed by atoms with Crippen molar-refractivity contribution in [3.05, 3.63) is 30.3 Å². The largest absolute Gasteiger partial charge is 0.398 e. The van der Waals surface area contributed by atoms with Crippen molar-refractivity contribution in [2.24, 2.45) is 0 Å². The molecule has 52 valence electrons. The third-order valence-corrected chi connectivity index (χ3v) is 1.11. The maximum absolute atomic E-state index is 9.84. The first-order valence-corrected chi connectivity index (χ1v) is 3.54. The van der Waals surface area contributed by atoms with Crippen molar-refractivity contribution in [1.29, 1.82) is 0 Å². The van der Waals surface area contributed by atoms with E-state index in [1.807, 2.05) is 18.2 Å². The molecular formula is C6H6NO2P. The Bertz CT molecular complexity index is 202. The van der Waals surface area contributed by atoms with E-state index in [0.717, 1.165) is 0 Å². The van der Waals surface area contributed by atoms with Gasteiger partial charge in [0.15, 0.2) is 0 Å². The first kappa shape index (κ1) is 7.19. The van der Waals surface area contributed by atoms with E-state index in [2.05, 4.69) is 5.25 Å². The van der Waals surface area contributed by atoms with E-state index in [1.54, 1.807) is 12.1 Å². The Kier molecular flexibility index (Phi) is 2.87. The molecule has 1 aromatic rings. The van der Waals surface area contributed by atoms with Gasteiger partial charge >= 0.3 is 0 Å². The summed E-state index contributed by atoms with van der Waals surface area (Å²) in [6.45, 7) is 0. The molecule has 1 rings (SSSR count). The lowest BCUT2D eigenvalue weighted by molar-refractivity contribution is 0.276. The molecule has 0 atom stereocenters. The average molecular weight is 155 g/mol. The minimum atomic E-state index is -0.232. The molecule has 0 aromatic heterocycles. The molecule has 4 heteroatoms. The van der Waals surface area contributed by atoms with Gasteiger partial charge in [0.1, 0.15) is 5.75 Å². The topological polar surface area (TPSA) is 38.3 Å². The summed E-state index contributed by atoms with van der Waals surface area (Å²) in [7, 11) is -0.232. The number of rotatable bonds is 3. The predicted molar refractivity (Wildman–Crippen MR) is 37.8 cm³/mol. The molecule has 0 saturated carbocycles. The zero-order valence-electron chi connectivity index (χ0n) is 5.15. The van der Waals surface area contributed by atoms with Crippen molar-refractivity contribution in [3.63, 3.8) is 0 Å². The van der Waals surface area contributed by atoms with E-state index in [1.165, 1.54) is 0 Å². The third-order valence-electron chi connectivity index (χ3n) is 0.944. The van der Waals surface area contributed by atoms with Crippen LogP contribution in [0.25, 0.3) is 0 Å². The van der Waals surface area contributed by atoms with E-state index in [4.69, 9.17) is 4.84 Å². The van der Waals surface area contributed by atoms with E-state index in [0.29, 0.717) is 5.75 Å². The second-order valence-corrected chi connectivity index (χ2v) is 1.96. The van der Waals surface area contributed by atoms with E-state index in [9.17, 15) is 4.57 Å². The third kappa shape index (κ3) is 2.13. The van der Waals surface area contributed by atoms with Crippen molar-refractivity contribution in [3.8, 4) is 5.75 Å². The van der Waals surface area contributed by atoms with Crippen molar-refractivity contribution < 1.29 is 9.40 Å². The number of benzene rings is 1. The van der Waals surface area contributed by atoms with Crippen LogP contribution in [0, 0.1) is 0 Å². The Balaban J connectivity index is 2.50. The average Bonchev–Trinajstić information content (AvgIpc) is 2.03. The van der Waals surface area contributed by atoms with Crippen LogP contribution >= 0.6 is 8.61 Å². The molecule has 0 fully saturated rings. The van der Waals surface area contributed by atoms with Gasteiger partial charge in [-0.15, -0.1) is 0 Å². The van der Waals surface area contributed by atoms with Crippen LogP contribution in [0.3, 0.4) is 0 Å². The number of nitrogens with one attached hydrogen (secondary N) is 1. The lowest BCUT2D eigenvalue weighted by Gasteiger charge is -1.97. The van der Waals surface area contributed by atoms with E-state index in [-0.39, 0.29) is 8.61 Å². The second kappa shape index (κ2) is 3.99. The van der Waals surface area contributed by atoms with Crippen molar-refractivity contribution in [1.82, 2.24) is 5.25 Å². The monoisotopic (exact) mass is 155 g/mol. The summed E-state index contributed by atoms with van der Waals surface area (Å²) >= 11 is 0. The van der Waals surface area contributed by atoms with Gasteiger partial charge in [0, 0.05) is 0 Å². The first-order valence-electron chi connectivity index (χ1n) is 2.73. The van der Waals surface area contributed by atoms with Crippen molar-refractivity contribution >= 4 is 8.61 Å². The van der Waals surface area contributed by atoms with Gasteiger partial charge in [-0.2, -0.15) is 0 Å². The predicted octanol–water partition coefficient (Wildman–Crippen LogP) is 1.78. The van der Waals surface area contributed by atoms with Crippen LogP contribution in [0.5, 0.6) is 5.75 Å². The Labute approximate surface area is 60.2 Å². The summed E-state index contributed by atoms with van der Waals surface area (Å²) in [4.78, 5) is 4.78. The van der Waals surface area contributed by atoms with Crippen LogP contribution in [0.1, 0.15) is 0 Å². The normalized spacial score (nSPS) is 9.60. The SMILES string of the molecule is O=PNOc1ccccc1. The fourth-order valence-corrected chi connectivity index (χ4v) is 0.703. The number of para-hydroxylation sites is 1. The lowest BCUT2D eigenvalue weighted by Crippen LogP contribution is -2.03. The molecule has 1 N–H and O–H groups in total. The quantitative estimate of drug-likeness (QED) is 0.534. The summed E-state index contributed by atoms with van der Waals surface area (Å²) in [6.07, 6.45) is 0. The highest BCUT2D eigenvalue weighted by molar-refractivity contribution is 7.20. The van der Waals surface area contributed by atoms with Gasteiger partial charge in [0.2, 0.25) is 0 Å². The van der Waals surface area contributed by atoms with Crippen LogP contribution in [0.15, 0.2) is 30.3 Å². The second-order valence-electron chi connectivity index (χ2n) is 1.60. The Morgan fingerprint density at radius 2 is 2.00 bits per heavy atom. The van der Waals surface area contributed by atoms with Crippen molar-refractivity contribution in [2.75, 3.05) is 0 Å². The van der Waals surface area contributed by atoms with Gasteiger partial charge < -0.3 is 4.84 Å². The van der Waals surface area contributed by atoms with E-state index < -0.39 is 0 Å². The molecular weight excluding hydrogens is 149 g/mol. The fraction of sp³-hybridized carbons (Fsp3) is 0. The summed E-state index contributed by atoms with van der Waals surface area (Å²) in [6, 6.07) is 9.07. The minimum absolute atomic E-state index is 0.232. The highest BCUT2D eigenvalue weighted by atomic mass is 31.1. The molecule has 0 aliphatic carbocycles. The summed E-state index contributed by atoms with van der Waals surface area (Å²) in [5.74, 6) is 0.644. The molecule has 0 bridgehead atoms. The number of hydrogen-bond donors (Lipinski definition) is 1. The Hall–Kier alpha value is -0.920.